The van der Waals surface area contributed by atoms with E-state index in [0.29, 0.717) is 13.0 Å². The van der Waals surface area contributed by atoms with Gasteiger partial charge in [0.25, 0.3) is 0 Å². The number of carbonyl (C=O) groups excluding carboxylic acids is 1. The second kappa shape index (κ2) is 5.98. The number of hydrogen-bond acceptors (Lipinski definition) is 4. The lowest BCUT2D eigenvalue weighted by atomic mass is 10.1. The van der Waals surface area contributed by atoms with E-state index in [2.05, 4.69) is 4.74 Å². The van der Waals surface area contributed by atoms with Gasteiger partial charge in [-0.05, 0) is 33.9 Å². The SMILES string of the molecule is COC(=O)CCCN(C)CC(C)(C)O. The number of likely N-dealkylation sites (N-methyl/N-ethyl adjacent to an activating group) is 1. The van der Waals surface area contributed by atoms with E-state index in [1.807, 2.05) is 11.9 Å². The molecule has 0 unspecified atom stereocenters. The van der Waals surface area contributed by atoms with Crippen LogP contribution >= 0.6 is 0 Å². The molecule has 0 aromatic heterocycles. The van der Waals surface area contributed by atoms with Crippen LogP contribution in [0.1, 0.15) is 26.7 Å². The first-order chi connectivity index (χ1) is 6.35. The maximum Gasteiger partial charge on any atom is 0.305 e. The van der Waals surface area contributed by atoms with Crippen molar-refractivity contribution in [1.82, 2.24) is 4.90 Å². The van der Waals surface area contributed by atoms with Gasteiger partial charge in [0.15, 0.2) is 0 Å². The summed E-state index contributed by atoms with van der Waals surface area (Å²) < 4.78 is 4.53. The molecule has 0 atom stereocenters. The highest BCUT2D eigenvalue weighted by molar-refractivity contribution is 5.69. The number of nitrogens with zero attached hydrogens (tertiary/aromatic N) is 1. The second-order valence-corrected chi connectivity index (χ2v) is 4.23. The summed E-state index contributed by atoms with van der Waals surface area (Å²) in [7, 11) is 3.32. The Balaban J connectivity index is 3.54. The molecule has 0 aliphatic carbocycles. The molecule has 0 aliphatic rings. The number of carbonyl (C=O) groups is 1. The topological polar surface area (TPSA) is 49.8 Å². The molecule has 0 saturated heterocycles. The Hall–Kier alpha value is -0.610. The van der Waals surface area contributed by atoms with E-state index in [-0.39, 0.29) is 5.97 Å². The third-order valence-electron chi connectivity index (χ3n) is 1.81. The molecule has 1 N–H and O–H groups in total. The Bertz CT molecular complexity index is 175. The summed E-state index contributed by atoms with van der Waals surface area (Å²) >= 11 is 0. The Labute approximate surface area is 85.9 Å². The Morgan fingerprint density at radius 2 is 2.07 bits per heavy atom. The van der Waals surface area contributed by atoms with Crippen molar-refractivity contribution in [2.24, 2.45) is 0 Å². The quantitative estimate of drug-likeness (QED) is 0.644. The molecular formula is C10H21NO3. The third-order valence-corrected chi connectivity index (χ3v) is 1.81. The second-order valence-electron chi connectivity index (χ2n) is 4.23. The van der Waals surface area contributed by atoms with Gasteiger partial charge in [-0.3, -0.25) is 4.79 Å². The lowest BCUT2D eigenvalue weighted by Gasteiger charge is -2.25. The molecule has 0 aromatic carbocycles. The normalized spacial score (nSPS) is 11.9. The minimum atomic E-state index is -0.681. The molecule has 0 spiro atoms. The van der Waals surface area contributed by atoms with Crippen LogP contribution in [0.15, 0.2) is 0 Å². The van der Waals surface area contributed by atoms with Gasteiger partial charge in [0, 0.05) is 13.0 Å². The summed E-state index contributed by atoms with van der Waals surface area (Å²) in [6.45, 7) is 4.93. The monoisotopic (exact) mass is 203 g/mol. The zero-order chi connectivity index (χ0) is 11.2. The third kappa shape index (κ3) is 8.01. The fourth-order valence-electron chi connectivity index (χ4n) is 1.33. The minimum Gasteiger partial charge on any atom is -0.469 e. The largest absolute Gasteiger partial charge is 0.469 e. The van der Waals surface area contributed by atoms with Gasteiger partial charge in [-0.25, -0.2) is 0 Å². The fraction of sp³-hybridized carbons (Fsp3) is 0.900. The highest BCUT2D eigenvalue weighted by Gasteiger charge is 2.15. The average molecular weight is 203 g/mol. The Morgan fingerprint density at radius 3 is 2.50 bits per heavy atom. The zero-order valence-electron chi connectivity index (χ0n) is 9.54. The number of hydrogen-bond donors (Lipinski definition) is 1. The van der Waals surface area contributed by atoms with Crippen molar-refractivity contribution in [1.29, 1.82) is 0 Å². The van der Waals surface area contributed by atoms with Crippen LogP contribution in [-0.4, -0.2) is 48.8 Å². The molecule has 0 heterocycles. The molecule has 4 heteroatoms. The molecule has 0 aromatic rings. The van der Waals surface area contributed by atoms with E-state index in [4.69, 9.17) is 0 Å². The molecule has 84 valence electrons. The van der Waals surface area contributed by atoms with E-state index < -0.39 is 5.60 Å². The van der Waals surface area contributed by atoms with Gasteiger partial charge in [-0.15, -0.1) is 0 Å². The van der Waals surface area contributed by atoms with Crippen molar-refractivity contribution in [3.8, 4) is 0 Å². The van der Waals surface area contributed by atoms with Crippen molar-refractivity contribution in [3.63, 3.8) is 0 Å². The average Bonchev–Trinajstić information content (AvgIpc) is 2.00. The zero-order valence-corrected chi connectivity index (χ0v) is 9.54. The summed E-state index contributed by atoms with van der Waals surface area (Å²) in [5, 5.41) is 9.51. The lowest BCUT2D eigenvalue weighted by Crippen LogP contribution is -2.36. The van der Waals surface area contributed by atoms with Crippen LogP contribution < -0.4 is 0 Å². The van der Waals surface area contributed by atoms with E-state index >= 15 is 0 Å². The summed E-state index contributed by atoms with van der Waals surface area (Å²) in [6.07, 6.45) is 1.20. The summed E-state index contributed by atoms with van der Waals surface area (Å²) in [5.74, 6) is -0.179. The van der Waals surface area contributed by atoms with Crippen LogP contribution in [0.2, 0.25) is 0 Å². The number of aliphatic hydroxyl groups is 1. The molecule has 0 saturated carbocycles. The fourth-order valence-corrected chi connectivity index (χ4v) is 1.33. The van der Waals surface area contributed by atoms with Crippen molar-refractivity contribution >= 4 is 5.97 Å². The van der Waals surface area contributed by atoms with Crippen molar-refractivity contribution in [2.45, 2.75) is 32.3 Å². The van der Waals surface area contributed by atoms with Crippen LogP contribution in [-0.2, 0) is 9.53 Å². The number of esters is 1. The van der Waals surface area contributed by atoms with Crippen LogP contribution in [0.4, 0.5) is 0 Å². The first-order valence-electron chi connectivity index (χ1n) is 4.83. The molecule has 0 amide bonds. The number of methoxy groups -OCH3 is 1. The van der Waals surface area contributed by atoms with Crippen molar-refractivity contribution < 1.29 is 14.6 Å². The molecule has 0 radical (unpaired) electrons. The Morgan fingerprint density at radius 1 is 1.50 bits per heavy atom. The first kappa shape index (κ1) is 13.4. The highest BCUT2D eigenvalue weighted by Crippen LogP contribution is 2.04. The van der Waals surface area contributed by atoms with E-state index in [9.17, 15) is 9.90 Å². The van der Waals surface area contributed by atoms with Gasteiger partial charge in [-0.1, -0.05) is 0 Å². The molecular weight excluding hydrogens is 182 g/mol. The molecule has 14 heavy (non-hydrogen) atoms. The molecule has 0 aliphatic heterocycles. The van der Waals surface area contributed by atoms with Gasteiger partial charge in [0.1, 0.15) is 0 Å². The maximum atomic E-state index is 10.8. The van der Waals surface area contributed by atoms with Gasteiger partial charge in [0.05, 0.1) is 12.7 Å². The summed E-state index contributed by atoms with van der Waals surface area (Å²) in [6, 6.07) is 0. The van der Waals surface area contributed by atoms with Gasteiger partial charge in [-0.2, -0.15) is 0 Å². The predicted octanol–water partition coefficient (Wildman–Crippen LogP) is 0.642. The van der Waals surface area contributed by atoms with Crippen LogP contribution in [0, 0.1) is 0 Å². The lowest BCUT2D eigenvalue weighted by molar-refractivity contribution is -0.140. The van der Waals surface area contributed by atoms with Crippen molar-refractivity contribution in [3.05, 3.63) is 0 Å². The molecule has 0 fully saturated rings. The molecule has 4 nitrogen and oxygen atoms in total. The van der Waals surface area contributed by atoms with E-state index in [1.54, 1.807) is 13.8 Å². The minimum absolute atomic E-state index is 0.179. The van der Waals surface area contributed by atoms with Crippen LogP contribution in [0.5, 0.6) is 0 Å². The highest BCUT2D eigenvalue weighted by atomic mass is 16.5. The summed E-state index contributed by atoms with van der Waals surface area (Å²) in [5.41, 5.74) is -0.681. The summed E-state index contributed by atoms with van der Waals surface area (Å²) in [4.78, 5) is 12.8. The van der Waals surface area contributed by atoms with E-state index in [1.165, 1.54) is 7.11 Å². The van der Waals surface area contributed by atoms with Crippen LogP contribution in [0.3, 0.4) is 0 Å². The number of rotatable bonds is 6. The first-order valence-corrected chi connectivity index (χ1v) is 4.83. The van der Waals surface area contributed by atoms with Gasteiger partial charge in [0.2, 0.25) is 0 Å². The molecule has 0 rings (SSSR count). The van der Waals surface area contributed by atoms with Gasteiger partial charge < -0.3 is 14.7 Å². The van der Waals surface area contributed by atoms with Gasteiger partial charge >= 0.3 is 5.97 Å². The smallest absolute Gasteiger partial charge is 0.305 e. The standard InChI is InChI=1S/C10H21NO3/c1-10(2,13)8-11(3)7-5-6-9(12)14-4/h13H,5-8H2,1-4H3. The molecule has 0 bridgehead atoms. The Kier molecular flexibility index (Phi) is 5.72. The van der Waals surface area contributed by atoms with Crippen LogP contribution in [0.25, 0.3) is 0 Å². The van der Waals surface area contributed by atoms with E-state index in [0.717, 1.165) is 13.0 Å². The van der Waals surface area contributed by atoms with Crippen molar-refractivity contribution in [2.75, 3.05) is 27.2 Å². The maximum absolute atomic E-state index is 10.8. The number of ether oxygens (including phenoxy) is 1. The predicted molar refractivity (Wildman–Crippen MR) is 55.0 cm³/mol.